The lowest BCUT2D eigenvalue weighted by molar-refractivity contribution is -0.136. The lowest BCUT2D eigenvalue weighted by Crippen LogP contribution is -2.53. The molecule has 0 N–H and O–H groups in total. The quantitative estimate of drug-likeness (QED) is 0.555. The van der Waals surface area contributed by atoms with E-state index in [2.05, 4.69) is 4.90 Å². The number of carbonyl (C=O) groups is 1. The topological polar surface area (TPSA) is 70.2 Å². The van der Waals surface area contributed by atoms with Crippen LogP contribution < -0.4 is 4.74 Å². The number of amides is 1. The summed E-state index contributed by atoms with van der Waals surface area (Å²) in [5.41, 5.74) is -0.710. The molecule has 0 aromatic heterocycles. The van der Waals surface area contributed by atoms with E-state index in [1.54, 1.807) is 24.3 Å². The highest BCUT2D eigenvalue weighted by Crippen LogP contribution is 2.37. The second-order valence-corrected chi connectivity index (χ2v) is 11.9. The number of piperidine rings is 1. The summed E-state index contributed by atoms with van der Waals surface area (Å²) < 4.78 is 48.0. The Bertz CT molecular complexity index is 1140. The summed E-state index contributed by atoms with van der Waals surface area (Å²) in [6, 6.07) is 12.0. The van der Waals surface area contributed by atoms with Gasteiger partial charge in [-0.2, -0.15) is 4.31 Å². The molecule has 10 heteroatoms. The fourth-order valence-electron chi connectivity index (χ4n) is 4.71. The molecule has 2 saturated heterocycles. The first-order valence-corrected chi connectivity index (χ1v) is 13.6. The average molecular weight is 524 g/mol. The number of likely N-dealkylation sites (N-methyl/N-ethyl adjacent to an activating group) is 1. The number of hydrogen-bond acceptors (Lipinski definition) is 5. The van der Waals surface area contributed by atoms with E-state index in [9.17, 15) is 17.6 Å². The van der Waals surface area contributed by atoms with Crippen molar-refractivity contribution in [2.75, 3.05) is 52.9 Å². The molecule has 0 radical (unpaired) electrons. The van der Waals surface area contributed by atoms with Crippen LogP contribution in [0.5, 0.6) is 5.75 Å². The standard InChI is InChI=1S/C25H31ClFN3O4S/c1-28-12-14-29(15-13-28)24(31)17-25(19-34-22-8-6-20(26)7-9-22)10-3-11-30(18-25)35(32,33)23-5-2-4-21(27)16-23/h2,4-9,16H,3,10-15,17-19H2,1H3/t25-/m0/s1. The minimum absolute atomic E-state index is 0.00260. The van der Waals surface area contributed by atoms with Gasteiger partial charge in [0.15, 0.2) is 0 Å². The molecule has 4 rings (SSSR count). The van der Waals surface area contributed by atoms with Gasteiger partial charge in [0, 0.05) is 56.1 Å². The summed E-state index contributed by atoms with van der Waals surface area (Å²) in [5.74, 6) is -0.000550. The van der Waals surface area contributed by atoms with Crippen LogP contribution >= 0.6 is 11.6 Å². The van der Waals surface area contributed by atoms with Crippen LogP contribution in [0, 0.1) is 11.2 Å². The molecule has 1 atom stereocenters. The number of benzene rings is 2. The molecule has 2 heterocycles. The molecule has 2 aromatic rings. The second-order valence-electron chi connectivity index (χ2n) is 9.50. The van der Waals surface area contributed by atoms with Gasteiger partial charge in [-0.25, -0.2) is 12.8 Å². The van der Waals surface area contributed by atoms with Crippen LogP contribution in [0.4, 0.5) is 4.39 Å². The van der Waals surface area contributed by atoms with Gasteiger partial charge >= 0.3 is 0 Å². The van der Waals surface area contributed by atoms with Gasteiger partial charge in [0.2, 0.25) is 15.9 Å². The van der Waals surface area contributed by atoms with Crippen molar-refractivity contribution in [2.45, 2.75) is 24.2 Å². The van der Waals surface area contributed by atoms with Crippen molar-refractivity contribution < 1.29 is 22.3 Å². The van der Waals surface area contributed by atoms with Crippen LogP contribution in [0.1, 0.15) is 19.3 Å². The highest BCUT2D eigenvalue weighted by atomic mass is 35.5. The Morgan fingerprint density at radius 1 is 1.09 bits per heavy atom. The van der Waals surface area contributed by atoms with Crippen molar-refractivity contribution in [1.82, 2.24) is 14.1 Å². The van der Waals surface area contributed by atoms with Crippen molar-refractivity contribution in [3.63, 3.8) is 0 Å². The van der Waals surface area contributed by atoms with Gasteiger partial charge in [-0.15, -0.1) is 0 Å². The molecule has 2 aliphatic heterocycles. The first-order valence-electron chi connectivity index (χ1n) is 11.8. The van der Waals surface area contributed by atoms with E-state index in [0.717, 1.165) is 19.2 Å². The van der Waals surface area contributed by atoms with Crippen LogP contribution in [0.25, 0.3) is 0 Å². The molecule has 1 amide bonds. The summed E-state index contributed by atoms with van der Waals surface area (Å²) >= 11 is 5.98. The number of carbonyl (C=O) groups excluding carboxylic acids is 1. The summed E-state index contributed by atoms with van der Waals surface area (Å²) in [4.78, 5) is 17.3. The predicted octanol–water partition coefficient (Wildman–Crippen LogP) is 3.49. The van der Waals surface area contributed by atoms with Crippen molar-refractivity contribution >= 4 is 27.5 Å². The fourth-order valence-corrected chi connectivity index (χ4v) is 6.46. The Kier molecular flexibility index (Phi) is 8.00. The van der Waals surface area contributed by atoms with E-state index in [-0.39, 0.29) is 30.4 Å². The zero-order valence-corrected chi connectivity index (χ0v) is 21.4. The highest BCUT2D eigenvalue weighted by Gasteiger charge is 2.43. The Hall–Kier alpha value is -2.20. The number of hydrogen-bond donors (Lipinski definition) is 0. The maximum Gasteiger partial charge on any atom is 0.243 e. The third-order valence-corrected chi connectivity index (χ3v) is 8.89. The Morgan fingerprint density at radius 3 is 2.49 bits per heavy atom. The molecule has 35 heavy (non-hydrogen) atoms. The molecular weight excluding hydrogens is 493 g/mol. The fraction of sp³-hybridized carbons (Fsp3) is 0.480. The average Bonchev–Trinajstić information content (AvgIpc) is 2.84. The lowest BCUT2D eigenvalue weighted by Gasteiger charge is -2.43. The van der Waals surface area contributed by atoms with Crippen LogP contribution in [-0.4, -0.2) is 81.4 Å². The minimum atomic E-state index is -3.92. The number of sulfonamides is 1. The second kappa shape index (κ2) is 10.8. The minimum Gasteiger partial charge on any atom is -0.493 e. The molecule has 2 aromatic carbocycles. The molecule has 7 nitrogen and oxygen atoms in total. The van der Waals surface area contributed by atoms with Crippen LogP contribution in [-0.2, 0) is 14.8 Å². The molecule has 0 bridgehead atoms. The maximum absolute atomic E-state index is 13.8. The largest absolute Gasteiger partial charge is 0.493 e. The van der Waals surface area contributed by atoms with Crippen LogP contribution in [0.3, 0.4) is 0 Å². The van der Waals surface area contributed by atoms with Crippen molar-refractivity contribution in [2.24, 2.45) is 5.41 Å². The number of nitrogens with zero attached hydrogens (tertiary/aromatic N) is 3. The first-order chi connectivity index (χ1) is 16.7. The summed E-state index contributed by atoms with van der Waals surface area (Å²) in [7, 11) is -1.90. The number of rotatable bonds is 7. The van der Waals surface area contributed by atoms with Gasteiger partial charge in [0.25, 0.3) is 0 Å². The highest BCUT2D eigenvalue weighted by molar-refractivity contribution is 7.89. The zero-order valence-electron chi connectivity index (χ0n) is 19.8. The van der Waals surface area contributed by atoms with Crippen LogP contribution in [0.2, 0.25) is 5.02 Å². The Morgan fingerprint density at radius 2 is 1.80 bits per heavy atom. The predicted molar refractivity (Wildman–Crippen MR) is 132 cm³/mol. The van der Waals surface area contributed by atoms with Gasteiger partial charge in [-0.05, 0) is 62.4 Å². The Labute approximate surface area is 211 Å². The molecule has 2 aliphatic rings. The van der Waals surface area contributed by atoms with Gasteiger partial charge < -0.3 is 14.5 Å². The van der Waals surface area contributed by atoms with E-state index in [4.69, 9.17) is 16.3 Å². The van der Waals surface area contributed by atoms with E-state index < -0.39 is 21.3 Å². The molecule has 2 fully saturated rings. The molecular formula is C25H31ClFN3O4S. The monoisotopic (exact) mass is 523 g/mol. The Balaban J connectivity index is 1.57. The van der Waals surface area contributed by atoms with Crippen molar-refractivity contribution in [3.05, 3.63) is 59.4 Å². The van der Waals surface area contributed by atoms with Crippen molar-refractivity contribution in [1.29, 1.82) is 0 Å². The molecule has 0 aliphatic carbocycles. The summed E-state index contributed by atoms with van der Waals surface area (Å²) in [6.45, 7) is 3.52. The summed E-state index contributed by atoms with van der Waals surface area (Å²) in [5, 5.41) is 0.585. The molecule has 190 valence electrons. The van der Waals surface area contributed by atoms with E-state index >= 15 is 0 Å². The van der Waals surface area contributed by atoms with E-state index in [0.29, 0.717) is 43.2 Å². The van der Waals surface area contributed by atoms with Gasteiger partial charge in [-0.3, -0.25) is 4.79 Å². The van der Waals surface area contributed by atoms with Gasteiger partial charge in [0.1, 0.15) is 11.6 Å². The normalized spacial score (nSPS) is 22.2. The smallest absolute Gasteiger partial charge is 0.243 e. The number of halogens is 2. The molecule has 0 unspecified atom stereocenters. The van der Waals surface area contributed by atoms with Gasteiger partial charge in [-0.1, -0.05) is 17.7 Å². The van der Waals surface area contributed by atoms with E-state index in [1.165, 1.54) is 22.5 Å². The zero-order chi connectivity index (χ0) is 25.1. The number of piperazine rings is 1. The van der Waals surface area contributed by atoms with Crippen molar-refractivity contribution in [3.8, 4) is 5.75 Å². The lowest BCUT2D eigenvalue weighted by atomic mass is 9.78. The molecule has 0 spiro atoms. The summed E-state index contributed by atoms with van der Waals surface area (Å²) in [6.07, 6.45) is 1.41. The van der Waals surface area contributed by atoms with Crippen LogP contribution in [0.15, 0.2) is 53.4 Å². The first kappa shape index (κ1) is 25.9. The molecule has 0 saturated carbocycles. The number of ether oxygens (including phenoxy) is 1. The van der Waals surface area contributed by atoms with Gasteiger partial charge in [0.05, 0.1) is 11.5 Å². The van der Waals surface area contributed by atoms with E-state index in [1.807, 2.05) is 11.9 Å². The SMILES string of the molecule is CN1CCN(C(=O)C[C@@]2(COc3ccc(Cl)cc3)CCCN(S(=O)(=O)c3cccc(F)c3)C2)CC1. The third kappa shape index (κ3) is 6.33. The maximum atomic E-state index is 13.8. The third-order valence-electron chi connectivity index (χ3n) is 6.80.